The third kappa shape index (κ3) is 4.89. The van der Waals surface area contributed by atoms with Crippen LogP contribution < -0.4 is 10.6 Å². The Morgan fingerprint density at radius 2 is 2.10 bits per heavy atom. The Morgan fingerprint density at radius 3 is 2.70 bits per heavy atom. The molecule has 20 heavy (non-hydrogen) atoms. The Morgan fingerprint density at radius 1 is 1.40 bits per heavy atom. The quantitative estimate of drug-likeness (QED) is 0.745. The molecule has 0 heterocycles. The monoisotopic (exact) mass is 280 g/mol. The van der Waals surface area contributed by atoms with Crippen molar-refractivity contribution in [3.05, 3.63) is 29.3 Å². The minimum Gasteiger partial charge on any atom is -0.478 e. The number of rotatable bonds is 6. The summed E-state index contributed by atoms with van der Waals surface area (Å²) in [6, 6.07) is 4.37. The summed E-state index contributed by atoms with van der Waals surface area (Å²) in [6.45, 7) is 6.44. The minimum absolute atomic E-state index is 0.0676. The van der Waals surface area contributed by atoms with Crippen LogP contribution in [0.3, 0.4) is 0 Å². The standard InChI is InChI=1S/C14H20N2O4/c1-4-20-10(3)8-15-14(19)16-12-6-5-9(2)7-11(12)13(17)18/h5-7,10H,4,8H2,1-3H3,(H,17,18)(H2,15,16,19). The third-order valence-electron chi connectivity index (χ3n) is 2.65. The summed E-state index contributed by atoms with van der Waals surface area (Å²) >= 11 is 0. The second kappa shape index (κ2) is 7.49. The van der Waals surface area contributed by atoms with Crippen molar-refractivity contribution in [3.63, 3.8) is 0 Å². The van der Waals surface area contributed by atoms with Crippen LogP contribution in [0.1, 0.15) is 29.8 Å². The molecule has 0 saturated carbocycles. The van der Waals surface area contributed by atoms with Crippen molar-refractivity contribution in [2.24, 2.45) is 0 Å². The maximum absolute atomic E-state index is 11.7. The van der Waals surface area contributed by atoms with Crippen molar-refractivity contribution in [2.45, 2.75) is 26.9 Å². The number of urea groups is 1. The minimum atomic E-state index is -1.08. The number of hydrogen-bond donors (Lipinski definition) is 3. The zero-order valence-corrected chi connectivity index (χ0v) is 11.9. The summed E-state index contributed by atoms with van der Waals surface area (Å²) in [4.78, 5) is 22.8. The van der Waals surface area contributed by atoms with Crippen molar-refractivity contribution in [1.82, 2.24) is 5.32 Å². The van der Waals surface area contributed by atoms with E-state index in [-0.39, 0.29) is 17.4 Å². The molecule has 0 bridgehead atoms. The molecule has 1 aromatic carbocycles. The molecule has 1 rings (SSSR count). The Labute approximate surface area is 118 Å². The number of nitrogens with one attached hydrogen (secondary N) is 2. The van der Waals surface area contributed by atoms with Crippen LogP contribution in [0, 0.1) is 6.92 Å². The lowest BCUT2D eigenvalue weighted by Crippen LogP contribution is -2.35. The Hall–Kier alpha value is -2.08. The second-order valence-corrected chi connectivity index (χ2v) is 4.46. The van der Waals surface area contributed by atoms with Crippen LogP contribution in [-0.2, 0) is 4.74 Å². The van der Waals surface area contributed by atoms with Crippen LogP contribution in [0.15, 0.2) is 18.2 Å². The Bertz CT molecular complexity index is 488. The van der Waals surface area contributed by atoms with Gasteiger partial charge in [-0.1, -0.05) is 11.6 Å². The highest BCUT2D eigenvalue weighted by atomic mass is 16.5. The number of aromatic carboxylic acids is 1. The van der Waals surface area contributed by atoms with E-state index in [1.807, 2.05) is 13.8 Å². The predicted octanol–water partition coefficient (Wildman–Crippen LogP) is 2.24. The van der Waals surface area contributed by atoms with Crippen LogP contribution in [0.2, 0.25) is 0 Å². The fourth-order valence-electron chi connectivity index (χ4n) is 1.69. The number of carbonyl (C=O) groups excluding carboxylic acids is 1. The SMILES string of the molecule is CCOC(C)CNC(=O)Nc1ccc(C)cc1C(=O)O. The molecule has 1 atom stereocenters. The molecule has 0 fully saturated rings. The van der Waals surface area contributed by atoms with E-state index in [4.69, 9.17) is 9.84 Å². The molecule has 1 unspecified atom stereocenters. The van der Waals surface area contributed by atoms with Gasteiger partial charge in [-0.3, -0.25) is 0 Å². The molecule has 3 N–H and O–H groups in total. The maximum Gasteiger partial charge on any atom is 0.337 e. The van der Waals surface area contributed by atoms with E-state index < -0.39 is 12.0 Å². The number of aryl methyl sites for hydroxylation is 1. The van der Waals surface area contributed by atoms with E-state index in [0.29, 0.717) is 13.2 Å². The van der Waals surface area contributed by atoms with Gasteiger partial charge in [0.1, 0.15) is 0 Å². The van der Waals surface area contributed by atoms with Gasteiger partial charge in [-0.2, -0.15) is 0 Å². The first kappa shape index (κ1) is 16.0. The van der Waals surface area contributed by atoms with Crippen LogP contribution in [0.5, 0.6) is 0 Å². The number of ether oxygens (including phenoxy) is 1. The number of benzene rings is 1. The maximum atomic E-state index is 11.7. The smallest absolute Gasteiger partial charge is 0.337 e. The lowest BCUT2D eigenvalue weighted by Gasteiger charge is -2.14. The lowest BCUT2D eigenvalue weighted by molar-refractivity contribution is 0.0697. The summed E-state index contributed by atoms with van der Waals surface area (Å²) < 4.78 is 5.28. The fourth-order valence-corrected chi connectivity index (χ4v) is 1.69. The van der Waals surface area contributed by atoms with Crippen molar-refractivity contribution < 1.29 is 19.4 Å². The number of carbonyl (C=O) groups is 2. The highest BCUT2D eigenvalue weighted by Crippen LogP contribution is 2.17. The van der Waals surface area contributed by atoms with Gasteiger partial charge < -0.3 is 20.5 Å². The molecule has 0 aromatic heterocycles. The largest absolute Gasteiger partial charge is 0.478 e. The van der Waals surface area contributed by atoms with Crippen molar-refractivity contribution in [2.75, 3.05) is 18.5 Å². The first-order chi connectivity index (χ1) is 9.43. The number of carboxylic acids is 1. The summed E-state index contributed by atoms with van der Waals surface area (Å²) in [6.07, 6.45) is -0.0947. The van der Waals surface area contributed by atoms with Gasteiger partial charge in [0.2, 0.25) is 0 Å². The van der Waals surface area contributed by atoms with Gasteiger partial charge in [-0.25, -0.2) is 9.59 Å². The lowest BCUT2D eigenvalue weighted by atomic mass is 10.1. The first-order valence-corrected chi connectivity index (χ1v) is 6.44. The molecule has 0 aliphatic heterocycles. The molecule has 110 valence electrons. The topological polar surface area (TPSA) is 87.7 Å². The van der Waals surface area contributed by atoms with E-state index in [0.717, 1.165) is 5.56 Å². The molecule has 6 nitrogen and oxygen atoms in total. The molecule has 0 aliphatic rings. The van der Waals surface area contributed by atoms with Gasteiger partial charge in [0.25, 0.3) is 0 Å². The average Bonchev–Trinajstić information content (AvgIpc) is 2.38. The van der Waals surface area contributed by atoms with Crippen LogP contribution in [-0.4, -0.2) is 36.4 Å². The van der Waals surface area contributed by atoms with Gasteiger partial charge in [0.05, 0.1) is 17.4 Å². The molecule has 6 heteroatoms. The summed E-state index contributed by atoms with van der Waals surface area (Å²) in [5.74, 6) is -1.08. The van der Waals surface area contributed by atoms with Gasteiger partial charge in [0, 0.05) is 13.2 Å². The average molecular weight is 280 g/mol. The summed E-state index contributed by atoms with van der Waals surface area (Å²) in [5.41, 5.74) is 1.15. The highest BCUT2D eigenvalue weighted by Gasteiger charge is 2.13. The van der Waals surface area contributed by atoms with Crippen molar-refractivity contribution in [1.29, 1.82) is 0 Å². The van der Waals surface area contributed by atoms with Gasteiger partial charge in [0.15, 0.2) is 0 Å². The molecule has 0 spiro atoms. The Kier molecular flexibility index (Phi) is 5.99. The zero-order chi connectivity index (χ0) is 15.1. The fraction of sp³-hybridized carbons (Fsp3) is 0.429. The predicted molar refractivity (Wildman–Crippen MR) is 76.2 cm³/mol. The first-order valence-electron chi connectivity index (χ1n) is 6.44. The summed E-state index contributed by atoms with van der Waals surface area (Å²) in [5, 5.41) is 14.3. The Balaban J connectivity index is 2.64. The zero-order valence-electron chi connectivity index (χ0n) is 11.9. The van der Waals surface area contributed by atoms with Gasteiger partial charge >= 0.3 is 12.0 Å². The highest BCUT2D eigenvalue weighted by molar-refractivity contribution is 6.00. The molecule has 0 aliphatic carbocycles. The van der Waals surface area contributed by atoms with Crippen molar-refractivity contribution >= 4 is 17.7 Å². The van der Waals surface area contributed by atoms with Crippen LogP contribution in [0.25, 0.3) is 0 Å². The summed E-state index contributed by atoms with van der Waals surface area (Å²) in [7, 11) is 0. The number of amides is 2. The molecule has 0 radical (unpaired) electrons. The normalized spacial score (nSPS) is 11.8. The van der Waals surface area contributed by atoms with Gasteiger partial charge in [-0.05, 0) is 32.9 Å². The second-order valence-electron chi connectivity index (χ2n) is 4.46. The van der Waals surface area contributed by atoms with E-state index in [2.05, 4.69) is 10.6 Å². The van der Waals surface area contributed by atoms with Gasteiger partial charge in [-0.15, -0.1) is 0 Å². The van der Waals surface area contributed by atoms with E-state index >= 15 is 0 Å². The molecule has 1 aromatic rings. The number of anilines is 1. The van der Waals surface area contributed by atoms with E-state index in [1.165, 1.54) is 6.07 Å². The third-order valence-corrected chi connectivity index (χ3v) is 2.65. The van der Waals surface area contributed by atoms with E-state index in [1.54, 1.807) is 19.1 Å². The van der Waals surface area contributed by atoms with Crippen LogP contribution in [0.4, 0.5) is 10.5 Å². The van der Waals surface area contributed by atoms with E-state index in [9.17, 15) is 9.59 Å². The van der Waals surface area contributed by atoms with Crippen LogP contribution >= 0.6 is 0 Å². The molecule has 0 saturated heterocycles. The molecular formula is C14H20N2O4. The molecular weight excluding hydrogens is 260 g/mol. The number of carboxylic acid groups (broad SMARTS) is 1. The van der Waals surface area contributed by atoms with Crippen molar-refractivity contribution in [3.8, 4) is 0 Å². The molecule has 2 amide bonds. The number of hydrogen-bond acceptors (Lipinski definition) is 3.